The molecule has 1 heterocycles. The zero-order valence-corrected chi connectivity index (χ0v) is 8.63. The summed E-state index contributed by atoms with van der Waals surface area (Å²) in [6.07, 6.45) is -2.45. The van der Waals surface area contributed by atoms with Crippen LogP contribution >= 0.6 is 0 Å². The largest absolute Gasteiger partial charge is 0.394 e. The van der Waals surface area contributed by atoms with Crippen molar-refractivity contribution in [2.45, 2.75) is 18.3 Å². The van der Waals surface area contributed by atoms with Crippen LogP contribution in [0, 0.1) is 5.92 Å². The van der Waals surface area contributed by atoms with Crippen molar-refractivity contribution in [2.24, 2.45) is 5.92 Å². The number of hydrogen-bond donors (Lipinski definition) is 3. The van der Waals surface area contributed by atoms with Crippen LogP contribution in [-0.4, -0.2) is 72.4 Å². The first-order valence-electron chi connectivity index (χ1n) is 4.79. The zero-order valence-electron chi connectivity index (χ0n) is 8.63. The monoisotopic (exact) mass is 205 g/mol. The van der Waals surface area contributed by atoms with Crippen molar-refractivity contribution in [3.8, 4) is 0 Å². The molecule has 4 atom stereocenters. The van der Waals surface area contributed by atoms with Crippen molar-refractivity contribution >= 4 is 0 Å². The van der Waals surface area contributed by atoms with Crippen LogP contribution in [0.2, 0.25) is 0 Å². The first-order valence-corrected chi connectivity index (χ1v) is 4.79. The smallest absolute Gasteiger partial charge is 0.109 e. The van der Waals surface area contributed by atoms with E-state index in [2.05, 4.69) is 0 Å². The molecule has 0 aromatic rings. The Balaban J connectivity index is 2.50. The van der Waals surface area contributed by atoms with Crippen molar-refractivity contribution in [3.63, 3.8) is 0 Å². The van der Waals surface area contributed by atoms with Crippen molar-refractivity contribution in [3.05, 3.63) is 0 Å². The normalized spacial score (nSPS) is 39.0. The van der Waals surface area contributed by atoms with Gasteiger partial charge >= 0.3 is 0 Å². The molecule has 0 aliphatic carbocycles. The fraction of sp³-hybridized carbons (Fsp3) is 1.00. The van der Waals surface area contributed by atoms with E-state index in [-0.39, 0.29) is 12.5 Å². The quantitative estimate of drug-likeness (QED) is 0.511. The van der Waals surface area contributed by atoms with E-state index < -0.39 is 18.3 Å². The molecule has 5 heteroatoms. The highest BCUT2D eigenvalue weighted by atomic mass is 16.5. The van der Waals surface area contributed by atoms with Gasteiger partial charge in [0.25, 0.3) is 0 Å². The van der Waals surface area contributed by atoms with E-state index in [0.717, 1.165) is 0 Å². The van der Waals surface area contributed by atoms with Gasteiger partial charge in [-0.05, 0) is 14.1 Å². The Morgan fingerprint density at radius 1 is 1.29 bits per heavy atom. The number of rotatable bonds is 3. The fourth-order valence-corrected chi connectivity index (χ4v) is 1.73. The van der Waals surface area contributed by atoms with E-state index in [1.807, 2.05) is 19.0 Å². The fourth-order valence-electron chi connectivity index (χ4n) is 1.73. The molecule has 5 nitrogen and oxygen atoms in total. The summed E-state index contributed by atoms with van der Waals surface area (Å²) in [5.74, 6) is -0.0946. The molecule has 0 saturated carbocycles. The number of nitrogens with zero attached hydrogens (tertiary/aromatic N) is 1. The molecule has 0 spiro atoms. The summed E-state index contributed by atoms with van der Waals surface area (Å²) >= 11 is 0. The van der Waals surface area contributed by atoms with E-state index in [1.165, 1.54) is 0 Å². The first kappa shape index (κ1) is 11.9. The van der Waals surface area contributed by atoms with Crippen LogP contribution in [0.3, 0.4) is 0 Å². The van der Waals surface area contributed by atoms with E-state index in [0.29, 0.717) is 13.2 Å². The molecule has 0 aromatic heterocycles. The van der Waals surface area contributed by atoms with Crippen LogP contribution in [0.15, 0.2) is 0 Å². The summed E-state index contributed by atoms with van der Waals surface area (Å²) in [6, 6.07) is 0. The highest BCUT2D eigenvalue weighted by molar-refractivity contribution is 4.87. The van der Waals surface area contributed by atoms with E-state index in [4.69, 9.17) is 9.84 Å². The van der Waals surface area contributed by atoms with Crippen molar-refractivity contribution in [1.82, 2.24) is 4.90 Å². The van der Waals surface area contributed by atoms with E-state index in [1.54, 1.807) is 0 Å². The maximum absolute atomic E-state index is 9.72. The second-order valence-corrected chi connectivity index (χ2v) is 4.06. The van der Waals surface area contributed by atoms with Crippen molar-refractivity contribution in [2.75, 3.05) is 33.9 Å². The molecule has 1 rings (SSSR count). The van der Waals surface area contributed by atoms with Crippen LogP contribution in [0.1, 0.15) is 0 Å². The van der Waals surface area contributed by atoms with E-state index >= 15 is 0 Å². The van der Waals surface area contributed by atoms with Crippen molar-refractivity contribution in [1.29, 1.82) is 0 Å². The molecule has 84 valence electrons. The number of aliphatic hydroxyl groups is 3. The summed E-state index contributed by atoms with van der Waals surface area (Å²) in [6.45, 7) is 0.783. The first-order chi connectivity index (χ1) is 6.56. The van der Waals surface area contributed by atoms with Gasteiger partial charge in [-0.1, -0.05) is 0 Å². The van der Waals surface area contributed by atoms with Gasteiger partial charge in [-0.2, -0.15) is 0 Å². The Labute approximate surface area is 83.9 Å². The van der Waals surface area contributed by atoms with Crippen LogP contribution in [-0.2, 0) is 4.74 Å². The molecule has 14 heavy (non-hydrogen) atoms. The zero-order chi connectivity index (χ0) is 10.7. The molecule has 3 N–H and O–H groups in total. The Hall–Kier alpha value is -0.200. The molecule has 0 aromatic carbocycles. The predicted molar refractivity (Wildman–Crippen MR) is 50.9 cm³/mol. The third kappa shape index (κ3) is 2.65. The summed E-state index contributed by atoms with van der Waals surface area (Å²) in [4.78, 5) is 1.93. The minimum atomic E-state index is -0.987. The van der Waals surface area contributed by atoms with Gasteiger partial charge in [0.05, 0.1) is 19.3 Å². The molecular weight excluding hydrogens is 186 g/mol. The molecular formula is C9H19NO4. The number of hydrogen-bond acceptors (Lipinski definition) is 5. The second kappa shape index (κ2) is 5.04. The average Bonchev–Trinajstić information content (AvgIpc) is 2.13. The summed E-state index contributed by atoms with van der Waals surface area (Å²) in [7, 11) is 3.80. The van der Waals surface area contributed by atoms with Gasteiger partial charge in [0.1, 0.15) is 12.2 Å². The van der Waals surface area contributed by atoms with E-state index in [9.17, 15) is 10.2 Å². The average molecular weight is 205 g/mol. The van der Waals surface area contributed by atoms with Gasteiger partial charge in [-0.3, -0.25) is 0 Å². The lowest BCUT2D eigenvalue weighted by atomic mass is 9.92. The Bertz CT molecular complexity index is 176. The number of ether oxygens (including phenoxy) is 1. The van der Waals surface area contributed by atoms with Crippen LogP contribution < -0.4 is 0 Å². The summed E-state index contributed by atoms with van der Waals surface area (Å²) in [5, 5.41) is 28.1. The third-order valence-electron chi connectivity index (χ3n) is 2.52. The Morgan fingerprint density at radius 3 is 2.43 bits per heavy atom. The third-order valence-corrected chi connectivity index (χ3v) is 2.52. The Kier molecular flexibility index (Phi) is 4.28. The van der Waals surface area contributed by atoms with Crippen LogP contribution in [0.25, 0.3) is 0 Å². The lowest BCUT2D eigenvalue weighted by molar-refractivity contribution is -0.176. The van der Waals surface area contributed by atoms with Gasteiger partial charge in [-0.25, -0.2) is 0 Å². The molecule has 1 aliphatic rings. The maximum atomic E-state index is 9.72. The molecule has 0 radical (unpaired) electrons. The van der Waals surface area contributed by atoms with Gasteiger partial charge in [0.2, 0.25) is 0 Å². The minimum Gasteiger partial charge on any atom is -0.394 e. The van der Waals surface area contributed by atoms with Crippen molar-refractivity contribution < 1.29 is 20.1 Å². The highest BCUT2D eigenvalue weighted by Gasteiger charge is 2.37. The minimum absolute atomic E-state index is 0.0946. The van der Waals surface area contributed by atoms with Gasteiger partial charge in [-0.15, -0.1) is 0 Å². The summed E-state index contributed by atoms with van der Waals surface area (Å²) < 4.78 is 5.24. The SMILES string of the molecule is CN(C)C[C@@H]1CO[C@H](CO)[C@H](O)[C@@H]1O. The molecule has 1 aliphatic heterocycles. The standard InChI is InChI=1S/C9H19NO4/c1-10(2)3-6-5-14-7(4-11)9(13)8(6)12/h6-9,11-13H,3-5H2,1-2H3/t6-,7-,8-,9+/m1/s1. The molecule has 0 unspecified atom stereocenters. The topological polar surface area (TPSA) is 73.2 Å². The molecule has 0 amide bonds. The van der Waals surface area contributed by atoms with Gasteiger partial charge < -0.3 is 25.0 Å². The lowest BCUT2D eigenvalue weighted by Crippen LogP contribution is -2.53. The van der Waals surface area contributed by atoms with Gasteiger partial charge in [0, 0.05) is 12.5 Å². The second-order valence-electron chi connectivity index (χ2n) is 4.06. The van der Waals surface area contributed by atoms with Gasteiger partial charge in [0.15, 0.2) is 0 Å². The molecule has 0 bridgehead atoms. The lowest BCUT2D eigenvalue weighted by Gasteiger charge is -2.37. The summed E-state index contributed by atoms with van der Waals surface area (Å²) in [5.41, 5.74) is 0. The van der Waals surface area contributed by atoms with Crippen LogP contribution in [0.5, 0.6) is 0 Å². The maximum Gasteiger partial charge on any atom is 0.109 e. The molecule has 1 fully saturated rings. The molecule has 1 saturated heterocycles. The highest BCUT2D eigenvalue weighted by Crippen LogP contribution is 2.20. The number of aliphatic hydroxyl groups excluding tert-OH is 3. The predicted octanol–water partition coefficient (Wildman–Crippen LogP) is -1.72. The Morgan fingerprint density at radius 2 is 1.93 bits per heavy atom. The van der Waals surface area contributed by atoms with Crippen LogP contribution in [0.4, 0.5) is 0 Å².